The molecule has 1 amide bonds. The van der Waals surface area contributed by atoms with Crippen LogP contribution < -0.4 is 14.8 Å². The van der Waals surface area contributed by atoms with Crippen molar-refractivity contribution in [3.63, 3.8) is 0 Å². The van der Waals surface area contributed by atoms with Crippen LogP contribution in [0.2, 0.25) is 0 Å². The quantitative estimate of drug-likeness (QED) is 0.449. The summed E-state index contributed by atoms with van der Waals surface area (Å²) in [5, 5.41) is 10.4. The molecule has 0 bridgehead atoms. The Kier molecular flexibility index (Phi) is 7.61. The van der Waals surface area contributed by atoms with Gasteiger partial charge in [0.1, 0.15) is 11.5 Å². The number of anilines is 1. The summed E-state index contributed by atoms with van der Waals surface area (Å²) in [5.74, 6) is 1.03. The molecule has 1 heterocycles. The average Bonchev–Trinajstić information content (AvgIpc) is 3.26. The summed E-state index contributed by atoms with van der Waals surface area (Å²) in [7, 11) is 2.35. The molecule has 1 N–H and O–H groups in total. The number of benzene rings is 2. The third-order valence-corrected chi connectivity index (χ3v) is 7.32. The molecule has 2 aromatic carbocycles. The van der Waals surface area contributed by atoms with E-state index in [1.807, 2.05) is 0 Å². The molecule has 0 spiro atoms. The highest BCUT2D eigenvalue weighted by atomic mass is 32.2. The Morgan fingerprint density at radius 2 is 1.88 bits per heavy atom. The van der Waals surface area contributed by atoms with Gasteiger partial charge in [0.2, 0.25) is 15.9 Å². The van der Waals surface area contributed by atoms with Gasteiger partial charge in [-0.05, 0) is 37.3 Å². The molecule has 1 unspecified atom stereocenters. The molecule has 3 aromatic rings. The number of aromatic nitrogens is 2. The fraction of sp³-hybridized carbons (Fsp3) is 0.286. The van der Waals surface area contributed by atoms with E-state index in [-0.39, 0.29) is 21.9 Å². The number of nitrogens with zero attached hydrogens (tertiary/aromatic N) is 3. The van der Waals surface area contributed by atoms with Crippen LogP contribution in [0.15, 0.2) is 57.0 Å². The van der Waals surface area contributed by atoms with Gasteiger partial charge in [0.25, 0.3) is 11.1 Å². The SMILES string of the molecule is COc1ccc(-c2nnc(SC(C)C(=O)Nc3cccc(S(=O)(=O)N(C)C)c3)o2)c(OC)c1. The lowest BCUT2D eigenvalue weighted by atomic mass is 10.2. The van der Waals surface area contributed by atoms with Crippen LogP contribution in [0.4, 0.5) is 5.69 Å². The van der Waals surface area contributed by atoms with E-state index >= 15 is 0 Å². The third kappa shape index (κ3) is 5.64. The van der Waals surface area contributed by atoms with Gasteiger partial charge >= 0.3 is 0 Å². The zero-order chi connectivity index (χ0) is 24.2. The molecule has 1 atom stereocenters. The molecular weight excluding hydrogens is 468 g/mol. The van der Waals surface area contributed by atoms with Gasteiger partial charge in [-0.3, -0.25) is 4.79 Å². The third-order valence-electron chi connectivity index (χ3n) is 4.57. The number of amides is 1. The Morgan fingerprint density at radius 1 is 1.12 bits per heavy atom. The molecule has 10 nitrogen and oxygen atoms in total. The van der Waals surface area contributed by atoms with Crippen LogP contribution in [-0.4, -0.2) is 62.4 Å². The minimum absolute atomic E-state index is 0.0839. The summed E-state index contributed by atoms with van der Waals surface area (Å²) in [5.41, 5.74) is 0.957. The molecule has 33 heavy (non-hydrogen) atoms. The topological polar surface area (TPSA) is 124 Å². The van der Waals surface area contributed by atoms with Crippen molar-refractivity contribution in [3.05, 3.63) is 42.5 Å². The maximum absolute atomic E-state index is 12.6. The van der Waals surface area contributed by atoms with Crippen molar-refractivity contribution in [1.29, 1.82) is 0 Å². The number of hydrogen-bond acceptors (Lipinski definition) is 9. The first kappa shape index (κ1) is 24.6. The monoisotopic (exact) mass is 492 g/mol. The second-order valence-electron chi connectivity index (χ2n) is 7.00. The van der Waals surface area contributed by atoms with E-state index in [0.29, 0.717) is 22.7 Å². The van der Waals surface area contributed by atoms with Gasteiger partial charge in [0, 0.05) is 25.8 Å². The number of sulfonamides is 1. The highest BCUT2D eigenvalue weighted by Crippen LogP contribution is 2.34. The Hall–Kier alpha value is -3.09. The molecule has 0 radical (unpaired) electrons. The molecular formula is C21H24N4O6S2. The average molecular weight is 493 g/mol. The van der Waals surface area contributed by atoms with Crippen LogP contribution in [0.1, 0.15) is 6.92 Å². The zero-order valence-corrected chi connectivity index (χ0v) is 20.4. The van der Waals surface area contributed by atoms with Crippen molar-refractivity contribution in [3.8, 4) is 23.0 Å². The number of nitrogens with one attached hydrogen (secondary N) is 1. The molecule has 0 fully saturated rings. The minimum Gasteiger partial charge on any atom is -0.497 e. The van der Waals surface area contributed by atoms with E-state index in [0.717, 1.165) is 16.1 Å². The lowest BCUT2D eigenvalue weighted by Crippen LogP contribution is -2.24. The summed E-state index contributed by atoms with van der Waals surface area (Å²) < 4.78 is 42.0. The molecule has 176 valence electrons. The van der Waals surface area contributed by atoms with E-state index < -0.39 is 15.3 Å². The summed E-state index contributed by atoms with van der Waals surface area (Å²) in [6.45, 7) is 1.68. The molecule has 0 saturated heterocycles. The molecule has 0 saturated carbocycles. The van der Waals surface area contributed by atoms with Crippen molar-refractivity contribution in [2.45, 2.75) is 22.3 Å². The highest BCUT2D eigenvalue weighted by Gasteiger charge is 2.22. The Balaban J connectivity index is 1.70. The molecule has 1 aromatic heterocycles. The van der Waals surface area contributed by atoms with E-state index in [4.69, 9.17) is 13.9 Å². The molecule has 0 aliphatic carbocycles. The number of carbonyl (C=O) groups is 1. The number of ether oxygens (including phenoxy) is 2. The molecule has 3 rings (SSSR count). The Morgan fingerprint density at radius 3 is 2.55 bits per heavy atom. The van der Waals surface area contributed by atoms with Crippen LogP contribution in [0, 0.1) is 0 Å². The fourth-order valence-electron chi connectivity index (χ4n) is 2.74. The van der Waals surface area contributed by atoms with Crippen molar-refractivity contribution in [1.82, 2.24) is 14.5 Å². The first-order valence-electron chi connectivity index (χ1n) is 9.71. The predicted octanol–water partition coefficient (Wildman–Crippen LogP) is 3.12. The smallest absolute Gasteiger partial charge is 0.277 e. The number of carbonyl (C=O) groups excluding carboxylic acids is 1. The van der Waals surface area contributed by atoms with E-state index in [1.165, 1.54) is 33.3 Å². The lowest BCUT2D eigenvalue weighted by molar-refractivity contribution is -0.115. The molecule has 12 heteroatoms. The lowest BCUT2D eigenvalue weighted by Gasteiger charge is -2.14. The van der Waals surface area contributed by atoms with E-state index in [1.54, 1.807) is 44.4 Å². The maximum Gasteiger partial charge on any atom is 0.277 e. The number of thioether (sulfide) groups is 1. The van der Waals surface area contributed by atoms with Crippen molar-refractivity contribution in [2.24, 2.45) is 0 Å². The fourth-order valence-corrected chi connectivity index (χ4v) is 4.37. The predicted molar refractivity (Wildman–Crippen MR) is 124 cm³/mol. The van der Waals surface area contributed by atoms with Gasteiger partial charge < -0.3 is 19.2 Å². The van der Waals surface area contributed by atoms with Crippen LogP contribution in [0.3, 0.4) is 0 Å². The van der Waals surface area contributed by atoms with Crippen LogP contribution in [0.25, 0.3) is 11.5 Å². The molecule has 0 aliphatic heterocycles. The number of rotatable bonds is 9. The van der Waals surface area contributed by atoms with E-state index in [9.17, 15) is 13.2 Å². The summed E-state index contributed by atoms with van der Waals surface area (Å²) in [6, 6.07) is 11.2. The van der Waals surface area contributed by atoms with E-state index in [2.05, 4.69) is 15.5 Å². The Labute approximate surface area is 196 Å². The molecule has 0 aliphatic rings. The van der Waals surface area contributed by atoms with Gasteiger partial charge in [-0.2, -0.15) is 0 Å². The van der Waals surface area contributed by atoms with Crippen molar-refractivity contribution >= 4 is 33.4 Å². The standard InChI is InChI=1S/C21H24N4O6S2/c1-13(19(26)22-14-7-6-8-16(11-14)33(27,28)25(2)3)32-21-24-23-20(31-21)17-10-9-15(29-4)12-18(17)30-5/h6-13H,1-5H3,(H,22,26). The van der Waals surface area contributed by atoms with Crippen LogP contribution in [-0.2, 0) is 14.8 Å². The second kappa shape index (κ2) is 10.2. The number of hydrogen-bond donors (Lipinski definition) is 1. The van der Waals surface area contributed by atoms with Crippen LogP contribution >= 0.6 is 11.8 Å². The van der Waals surface area contributed by atoms with Gasteiger partial charge in [-0.1, -0.05) is 17.8 Å². The number of methoxy groups -OCH3 is 2. The van der Waals surface area contributed by atoms with Gasteiger partial charge in [-0.15, -0.1) is 10.2 Å². The van der Waals surface area contributed by atoms with Crippen molar-refractivity contribution in [2.75, 3.05) is 33.6 Å². The summed E-state index contributed by atoms with van der Waals surface area (Å²) >= 11 is 1.08. The van der Waals surface area contributed by atoms with Gasteiger partial charge in [0.15, 0.2) is 0 Å². The first-order valence-corrected chi connectivity index (χ1v) is 12.0. The largest absolute Gasteiger partial charge is 0.497 e. The maximum atomic E-state index is 12.6. The normalized spacial score (nSPS) is 12.4. The minimum atomic E-state index is -3.61. The van der Waals surface area contributed by atoms with Crippen LogP contribution in [0.5, 0.6) is 11.5 Å². The summed E-state index contributed by atoms with van der Waals surface area (Å²) in [4.78, 5) is 12.7. The van der Waals surface area contributed by atoms with Gasteiger partial charge in [0.05, 0.1) is 29.9 Å². The first-order chi connectivity index (χ1) is 15.6. The van der Waals surface area contributed by atoms with Crippen molar-refractivity contribution < 1.29 is 27.1 Å². The Bertz CT molecular complexity index is 1240. The highest BCUT2D eigenvalue weighted by molar-refractivity contribution is 8.00. The van der Waals surface area contributed by atoms with Gasteiger partial charge in [-0.25, -0.2) is 12.7 Å². The zero-order valence-electron chi connectivity index (χ0n) is 18.7. The summed E-state index contributed by atoms with van der Waals surface area (Å²) in [6.07, 6.45) is 0. The second-order valence-corrected chi connectivity index (χ2v) is 10.4.